The normalized spacial score (nSPS) is 14.2. The molecule has 3 heteroatoms. The van der Waals surface area contributed by atoms with E-state index in [1.165, 1.54) is 0 Å². The van der Waals surface area contributed by atoms with Gasteiger partial charge in [-0.2, -0.15) is 0 Å². The second-order valence-corrected chi connectivity index (χ2v) is 3.08. The maximum Gasteiger partial charge on any atom is 0.132 e. The Hall–Kier alpha value is -0.410. The Balaban J connectivity index is 0. The van der Waals surface area contributed by atoms with E-state index in [9.17, 15) is 4.79 Å². The molecule has 0 spiro atoms. The predicted octanol–water partition coefficient (Wildman–Crippen LogP) is 0.947. The molecule has 0 aromatic rings. The molecule has 0 aromatic carbocycles. The van der Waals surface area contributed by atoms with Crippen LogP contribution in [0.5, 0.6) is 0 Å². The quantitative estimate of drug-likeness (QED) is 0.671. The van der Waals surface area contributed by atoms with Gasteiger partial charge in [-0.1, -0.05) is 13.8 Å². The van der Waals surface area contributed by atoms with Crippen LogP contribution in [0.2, 0.25) is 0 Å². The summed E-state index contributed by atoms with van der Waals surface area (Å²) >= 11 is 0. The van der Waals surface area contributed by atoms with Gasteiger partial charge in [-0.05, 0) is 20.3 Å². The number of nitrogens with two attached hydrogens (primary N) is 1. The van der Waals surface area contributed by atoms with Crippen LogP contribution in [-0.2, 0) is 4.79 Å². The third-order valence-corrected chi connectivity index (χ3v) is 1.59. The predicted molar refractivity (Wildman–Crippen MR) is 50.9 cm³/mol. The number of aliphatic hydroxyl groups is 1. The molecule has 0 saturated carbocycles. The molecule has 0 aliphatic carbocycles. The molecule has 2 atom stereocenters. The second kappa shape index (κ2) is 8.68. The summed E-state index contributed by atoms with van der Waals surface area (Å²) in [5.41, 5.74) is 5.04. The van der Waals surface area contributed by atoms with Crippen molar-refractivity contribution >= 4 is 5.78 Å². The van der Waals surface area contributed by atoms with Crippen LogP contribution in [0, 0.1) is 5.92 Å². The summed E-state index contributed by atoms with van der Waals surface area (Å²) < 4.78 is 0. The van der Waals surface area contributed by atoms with Crippen molar-refractivity contribution in [2.24, 2.45) is 11.7 Å². The number of aliphatic hydroxyl groups excluding tert-OH is 1. The number of carbonyl (C=O) groups excluding carboxylic acids is 1. The molecule has 74 valence electrons. The molecule has 0 aromatic heterocycles. The lowest BCUT2D eigenvalue weighted by Crippen LogP contribution is -2.18. The highest BCUT2D eigenvalue weighted by atomic mass is 16.3. The van der Waals surface area contributed by atoms with Gasteiger partial charge in [0.2, 0.25) is 0 Å². The van der Waals surface area contributed by atoms with E-state index in [-0.39, 0.29) is 18.6 Å². The van der Waals surface area contributed by atoms with Crippen molar-refractivity contribution in [1.29, 1.82) is 0 Å². The highest BCUT2D eigenvalue weighted by Crippen LogP contribution is 1.99. The SMILES string of the molecule is CC[C@@H](C)C(C)=O.C[C@H](N)CO. The van der Waals surface area contributed by atoms with Crippen LogP contribution in [0.4, 0.5) is 0 Å². The average molecular weight is 175 g/mol. The van der Waals surface area contributed by atoms with Crippen LogP contribution in [0.15, 0.2) is 0 Å². The van der Waals surface area contributed by atoms with Gasteiger partial charge in [-0.15, -0.1) is 0 Å². The van der Waals surface area contributed by atoms with E-state index in [1.807, 2.05) is 13.8 Å². The molecule has 0 radical (unpaired) electrons. The minimum absolute atomic E-state index is 0.0602. The van der Waals surface area contributed by atoms with E-state index in [4.69, 9.17) is 10.8 Å². The van der Waals surface area contributed by atoms with Crippen LogP contribution in [0.1, 0.15) is 34.1 Å². The molecule has 0 aliphatic rings. The lowest BCUT2D eigenvalue weighted by atomic mass is 10.1. The fourth-order valence-corrected chi connectivity index (χ4v) is 0.287. The van der Waals surface area contributed by atoms with Crippen molar-refractivity contribution in [3.8, 4) is 0 Å². The third-order valence-electron chi connectivity index (χ3n) is 1.59. The van der Waals surface area contributed by atoms with Gasteiger partial charge >= 0.3 is 0 Å². The van der Waals surface area contributed by atoms with Crippen molar-refractivity contribution in [2.45, 2.75) is 40.2 Å². The number of Topliss-reactive ketones (excluding diaryl/α,β-unsaturated/α-hetero) is 1. The maximum absolute atomic E-state index is 10.4. The van der Waals surface area contributed by atoms with E-state index in [2.05, 4.69) is 0 Å². The third kappa shape index (κ3) is 12.3. The summed E-state index contributed by atoms with van der Waals surface area (Å²) in [7, 11) is 0. The first-order valence-corrected chi connectivity index (χ1v) is 4.32. The minimum atomic E-state index is -0.0602. The Bertz CT molecular complexity index is 113. The summed E-state index contributed by atoms with van der Waals surface area (Å²) in [6.45, 7) is 7.43. The average Bonchev–Trinajstić information content (AvgIpc) is 2.04. The molecule has 0 aliphatic heterocycles. The molecule has 0 saturated heterocycles. The molecule has 3 nitrogen and oxygen atoms in total. The lowest BCUT2D eigenvalue weighted by Gasteiger charge is -1.98. The van der Waals surface area contributed by atoms with E-state index in [0.29, 0.717) is 5.78 Å². The Morgan fingerprint density at radius 3 is 1.83 bits per heavy atom. The Labute approximate surface area is 75.0 Å². The van der Waals surface area contributed by atoms with Crippen LogP contribution < -0.4 is 5.73 Å². The van der Waals surface area contributed by atoms with Gasteiger partial charge in [0.15, 0.2) is 0 Å². The molecule has 0 fully saturated rings. The molecular formula is C9H21NO2. The molecule has 12 heavy (non-hydrogen) atoms. The summed E-state index contributed by atoms with van der Waals surface area (Å²) in [5.74, 6) is 0.558. The van der Waals surface area contributed by atoms with E-state index < -0.39 is 0 Å². The van der Waals surface area contributed by atoms with Crippen LogP contribution in [0.25, 0.3) is 0 Å². The lowest BCUT2D eigenvalue weighted by molar-refractivity contribution is -0.120. The first kappa shape index (κ1) is 14.1. The van der Waals surface area contributed by atoms with Crippen molar-refractivity contribution in [3.63, 3.8) is 0 Å². The monoisotopic (exact) mass is 175 g/mol. The summed E-state index contributed by atoms with van der Waals surface area (Å²) in [6, 6.07) is -0.0602. The topological polar surface area (TPSA) is 63.3 Å². The van der Waals surface area contributed by atoms with Crippen LogP contribution >= 0.6 is 0 Å². The van der Waals surface area contributed by atoms with Gasteiger partial charge in [0.05, 0.1) is 6.61 Å². The van der Waals surface area contributed by atoms with Crippen LogP contribution in [-0.4, -0.2) is 23.5 Å². The summed E-state index contributed by atoms with van der Waals surface area (Å²) in [4.78, 5) is 10.4. The summed E-state index contributed by atoms with van der Waals surface area (Å²) in [5, 5.41) is 8.02. The molecule has 3 N–H and O–H groups in total. The largest absolute Gasteiger partial charge is 0.395 e. The molecular weight excluding hydrogens is 154 g/mol. The van der Waals surface area contributed by atoms with Gasteiger partial charge in [0.25, 0.3) is 0 Å². The minimum Gasteiger partial charge on any atom is -0.395 e. The fraction of sp³-hybridized carbons (Fsp3) is 0.889. The summed E-state index contributed by atoms with van der Waals surface area (Å²) in [6.07, 6.45) is 0.968. The van der Waals surface area contributed by atoms with Gasteiger partial charge in [0.1, 0.15) is 5.78 Å². The zero-order chi connectivity index (χ0) is 10.1. The van der Waals surface area contributed by atoms with Gasteiger partial charge in [0, 0.05) is 12.0 Å². The van der Waals surface area contributed by atoms with E-state index in [0.717, 1.165) is 6.42 Å². The molecule has 0 unspecified atom stereocenters. The number of hydrogen-bond donors (Lipinski definition) is 2. The van der Waals surface area contributed by atoms with Crippen molar-refractivity contribution in [3.05, 3.63) is 0 Å². The fourth-order valence-electron chi connectivity index (χ4n) is 0.287. The highest BCUT2D eigenvalue weighted by molar-refractivity contribution is 5.77. The Morgan fingerprint density at radius 2 is 1.83 bits per heavy atom. The van der Waals surface area contributed by atoms with E-state index in [1.54, 1.807) is 13.8 Å². The van der Waals surface area contributed by atoms with Gasteiger partial charge in [-0.3, -0.25) is 4.79 Å². The van der Waals surface area contributed by atoms with Gasteiger partial charge < -0.3 is 10.8 Å². The zero-order valence-corrected chi connectivity index (χ0v) is 8.50. The molecule has 0 bridgehead atoms. The van der Waals surface area contributed by atoms with E-state index >= 15 is 0 Å². The standard InChI is InChI=1S/C6H12O.C3H9NO/c1-4-5(2)6(3)7;1-3(4)2-5/h5H,4H2,1-3H3;3,5H,2,4H2,1H3/t5-;3-/m10/s1. The van der Waals surface area contributed by atoms with Crippen molar-refractivity contribution in [1.82, 2.24) is 0 Å². The van der Waals surface area contributed by atoms with Crippen molar-refractivity contribution in [2.75, 3.05) is 6.61 Å². The molecule has 0 heterocycles. The number of hydrogen-bond acceptors (Lipinski definition) is 3. The maximum atomic E-state index is 10.4. The number of carbonyl (C=O) groups is 1. The zero-order valence-electron chi connectivity index (χ0n) is 8.50. The second-order valence-electron chi connectivity index (χ2n) is 3.08. The highest BCUT2D eigenvalue weighted by Gasteiger charge is 2.01. The first-order chi connectivity index (χ1) is 5.45. The smallest absolute Gasteiger partial charge is 0.132 e. The van der Waals surface area contributed by atoms with Crippen LogP contribution in [0.3, 0.4) is 0 Å². The molecule has 0 amide bonds. The number of ketones is 1. The van der Waals surface area contributed by atoms with Gasteiger partial charge in [-0.25, -0.2) is 0 Å². The first-order valence-electron chi connectivity index (χ1n) is 4.32. The van der Waals surface area contributed by atoms with Crippen molar-refractivity contribution < 1.29 is 9.90 Å². The Morgan fingerprint density at radius 1 is 1.50 bits per heavy atom. The Kier molecular flexibility index (Phi) is 10.2. The molecule has 0 rings (SSSR count). The number of rotatable bonds is 3.